The zero-order valence-corrected chi connectivity index (χ0v) is 13.5. The molecule has 0 spiro atoms. The third-order valence-corrected chi connectivity index (χ3v) is 4.26. The van der Waals surface area contributed by atoms with E-state index in [9.17, 15) is 4.39 Å². The van der Waals surface area contributed by atoms with Gasteiger partial charge in [0.1, 0.15) is 11.6 Å². The highest BCUT2D eigenvalue weighted by Gasteiger charge is 2.07. The largest absolute Gasteiger partial charge is 0.360 e. The Balaban J connectivity index is 1.39. The Hall–Kier alpha value is -2.80. The van der Waals surface area contributed by atoms with Gasteiger partial charge in [0.15, 0.2) is 5.82 Å². The number of aromatic nitrogens is 4. The minimum Gasteiger partial charge on any atom is -0.360 e. The van der Waals surface area contributed by atoms with Crippen molar-refractivity contribution in [3.63, 3.8) is 0 Å². The normalized spacial score (nSPS) is 11.0. The highest BCUT2D eigenvalue weighted by Crippen LogP contribution is 2.20. The first kappa shape index (κ1) is 14.8. The Kier molecular flexibility index (Phi) is 3.92. The predicted molar refractivity (Wildman–Crippen MR) is 93.6 cm³/mol. The molecule has 0 saturated carbocycles. The van der Waals surface area contributed by atoms with Crippen molar-refractivity contribution in [1.82, 2.24) is 19.3 Å². The number of anilines is 1. The molecule has 120 valence electrons. The molecule has 7 heteroatoms. The van der Waals surface area contributed by atoms with Gasteiger partial charge in [0.25, 0.3) is 0 Å². The molecule has 0 fully saturated rings. The van der Waals surface area contributed by atoms with Gasteiger partial charge >= 0.3 is 0 Å². The molecule has 0 aliphatic carbocycles. The van der Waals surface area contributed by atoms with Crippen LogP contribution in [0.3, 0.4) is 0 Å². The highest BCUT2D eigenvalue weighted by molar-refractivity contribution is 7.09. The summed E-state index contributed by atoms with van der Waals surface area (Å²) in [5, 5.41) is 4.02. The minimum absolute atomic E-state index is 0.266. The Morgan fingerprint density at radius 3 is 2.83 bits per heavy atom. The highest BCUT2D eigenvalue weighted by atomic mass is 32.1. The van der Waals surface area contributed by atoms with Crippen molar-refractivity contribution in [3.05, 3.63) is 60.2 Å². The number of aromatic amines is 1. The zero-order valence-electron chi connectivity index (χ0n) is 12.7. The molecular weight excluding hydrogens is 325 g/mol. The summed E-state index contributed by atoms with van der Waals surface area (Å²) in [5.41, 5.74) is 2.49. The van der Waals surface area contributed by atoms with E-state index in [-0.39, 0.29) is 5.82 Å². The van der Waals surface area contributed by atoms with Crippen LogP contribution in [0.5, 0.6) is 0 Å². The molecule has 0 amide bonds. The average molecular weight is 339 g/mol. The van der Waals surface area contributed by atoms with Crippen molar-refractivity contribution >= 4 is 27.7 Å². The van der Waals surface area contributed by atoms with Gasteiger partial charge in [-0.1, -0.05) is 30.3 Å². The first-order chi connectivity index (χ1) is 11.8. The number of imidazole rings is 1. The maximum absolute atomic E-state index is 13.2. The third kappa shape index (κ3) is 3.11. The molecule has 0 saturated heterocycles. The summed E-state index contributed by atoms with van der Waals surface area (Å²) in [5.74, 6) is 1.27. The van der Waals surface area contributed by atoms with E-state index >= 15 is 0 Å². The summed E-state index contributed by atoms with van der Waals surface area (Å²) in [7, 11) is 0. The summed E-state index contributed by atoms with van der Waals surface area (Å²) in [6.07, 6.45) is 0.691. The fourth-order valence-corrected chi connectivity index (χ4v) is 3.05. The molecule has 24 heavy (non-hydrogen) atoms. The molecule has 4 aromatic rings. The van der Waals surface area contributed by atoms with Crippen molar-refractivity contribution in [1.29, 1.82) is 0 Å². The molecule has 0 bridgehead atoms. The van der Waals surface area contributed by atoms with E-state index in [1.165, 1.54) is 23.7 Å². The minimum atomic E-state index is -0.266. The number of nitrogens with zero attached hydrogens (tertiary/aromatic N) is 3. The van der Waals surface area contributed by atoms with Gasteiger partial charge in [0, 0.05) is 30.1 Å². The van der Waals surface area contributed by atoms with E-state index in [0.717, 1.165) is 27.9 Å². The summed E-state index contributed by atoms with van der Waals surface area (Å²) >= 11 is 1.33. The van der Waals surface area contributed by atoms with Crippen LogP contribution in [0.15, 0.2) is 48.5 Å². The second-order valence-electron chi connectivity index (χ2n) is 5.31. The third-order valence-electron chi connectivity index (χ3n) is 3.59. The zero-order chi connectivity index (χ0) is 16.4. The van der Waals surface area contributed by atoms with Gasteiger partial charge in [-0.3, -0.25) is 0 Å². The Morgan fingerprint density at radius 1 is 1.08 bits per heavy atom. The maximum Gasteiger partial charge on any atom is 0.202 e. The van der Waals surface area contributed by atoms with Crippen LogP contribution in [0, 0.1) is 5.82 Å². The van der Waals surface area contributed by atoms with Gasteiger partial charge in [0.05, 0.1) is 11.0 Å². The number of fused-ring (bicyclic) bond motifs is 1. The summed E-state index contributed by atoms with van der Waals surface area (Å²) in [4.78, 5) is 12.1. The van der Waals surface area contributed by atoms with Crippen LogP contribution < -0.4 is 5.32 Å². The predicted octanol–water partition coefficient (Wildman–Crippen LogP) is 3.88. The van der Waals surface area contributed by atoms with Crippen LogP contribution in [0.2, 0.25) is 0 Å². The summed E-state index contributed by atoms with van der Waals surface area (Å²) in [6, 6.07) is 14.4. The van der Waals surface area contributed by atoms with Gasteiger partial charge in [0.2, 0.25) is 5.13 Å². The molecule has 0 radical (unpaired) electrons. The number of halogens is 1. The maximum atomic E-state index is 13.2. The van der Waals surface area contributed by atoms with Crippen LogP contribution in [0.25, 0.3) is 22.4 Å². The number of nitrogens with one attached hydrogen (secondary N) is 2. The number of rotatable bonds is 5. The van der Waals surface area contributed by atoms with E-state index in [1.54, 1.807) is 6.07 Å². The SMILES string of the molecule is Fc1ccc2nc(CCNc3nc(-c4ccccc4)ns3)[nH]c2c1. The second kappa shape index (κ2) is 6.37. The van der Waals surface area contributed by atoms with Gasteiger partial charge in [-0.2, -0.15) is 9.36 Å². The van der Waals surface area contributed by atoms with E-state index < -0.39 is 0 Å². The lowest BCUT2D eigenvalue weighted by atomic mass is 10.2. The topological polar surface area (TPSA) is 66.5 Å². The number of H-pyrrole nitrogens is 1. The van der Waals surface area contributed by atoms with Crippen LogP contribution in [-0.4, -0.2) is 25.9 Å². The van der Waals surface area contributed by atoms with Crippen LogP contribution in [0.4, 0.5) is 9.52 Å². The molecule has 0 atom stereocenters. The molecule has 2 aromatic carbocycles. The first-order valence-corrected chi connectivity index (χ1v) is 8.32. The van der Waals surface area contributed by atoms with Crippen LogP contribution in [-0.2, 0) is 6.42 Å². The van der Waals surface area contributed by atoms with E-state index in [0.29, 0.717) is 18.5 Å². The first-order valence-electron chi connectivity index (χ1n) is 7.55. The Bertz CT molecular complexity index is 963. The van der Waals surface area contributed by atoms with Gasteiger partial charge in [-0.15, -0.1) is 0 Å². The molecular formula is C17H14FN5S. The molecule has 2 N–H and O–H groups in total. The lowest BCUT2D eigenvalue weighted by Gasteiger charge is -1.99. The standard InChI is InChI=1S/C17H14FN5S/c18-12-6-7-13-14(10-12)21-15(20-13)8-9-19-17-22-16(23-24-17)11-4-2-1-3-5-11/h1-7,10H,8-9H2,(H,20,21)(H,19,22,23). The fraction of sp³-hybridized carbons (Fsp3) is 0.118. The molecule has 0 aliphatic heterocycles. The van der Waals surface area contributed by atoms with Crippen molar-refractivity contribution in [2.45, 2.75) is 6.42 Å². The number of hydrogen-bond acceptors (Lipinski definition) is 5. The Morgan fingerprint density at radius 2 is 1.96 bits per heavy atom. The van der Waals surface area contributed by atoms with Crippen molar-refractivity contribution in [2.24, 2.45) is 0 Å². The van der Waals surface area contributed by atoms with E-state index in [2.05, 4.69) is 24.6 Å². The van der Waals surface area contributed by atoms with Gasteiger partial charge in [-0.05, 0) is 18.2 Å². The van der Waals surface area contributed by atoms with Crippen LogP contribution in [0.1, 0.15) is 5.82 Å². The Labute approximate surface area is 141 Å². The molecule has 0 aliphatic rings. The van der Waals surface area contributed by atoms with Crippen molar-refractivity contribution in [3.8, 4) is 11.4 Å². The van der Waals surface area contributed by atoms with E-state index in [1.807, 2.05) is 30.3 Å². The average Bonchev–Trinajstić information content (AvgIpc) is 3.22. The molecule has 4 rings (SSSR count). The second-order valence-corrected chi connectivity index (χ2v) is 6.06. The molecule has 2 aromatic heterocycles. The lowest BCUT2D eigenvalue weighted by Crippen LogP contribution is -2.05. The lowest BCUT2D eigenvalue weighted by molar-refractivity contribution is 0.629. The van der Waals surface area contributed by atoms with E-state index in [4.69, 9.17) is 0 Å². The van der Waals surface area contributed by atoms with Crippen LogP contribution >= 0.6 is 11.5 Å². The van der Waals surface area contributed by atoms with Crippen molar-refractivity contribution < 1.29 is 4.39 Å². The number of benzene rings is 2. The van der Waals surface area contributed by atoms with Gasteiger partial charge < -0.3 is 10.3 Å². The fourth-order valence-electron chi connectivity index (χ4n) is 2.44. The van der Waals surface area contributed by atoms with Crippen molar-refractivity contribution in [2.75, 3.05) is 11.9 Å². The monoisotopic (exact) mass is 339 g/mol. The smallest absolute Gasteiger partial charge is 0.202 e. The molecule has 2 heterocycles. The molecule has 0 unspecified atom stereocenters. The summed E-state index contributed by atoms with van der Waals surface area (Å²) in [6.45, 7) is 0.672. The van der Waals surface area contributed by atoms with Gasteiger partial charge in [-0.25, -0.2) is 9.37 Å². The molecule has 5 nitrogen and oxygen atoms in total. The quantitative estimate of drug-likeness (QED) is 0.579. The number of hydrogen-bond donors (Lipinski definition) is 2. The summed E-state index contributed by atoms with van der Waals surface area (Å²) < 4.78 is 17.5.